The molecule has 1 fully saturated rings. The van der Waals surface area contributed by atoms with Crippen molar-refractivity contribution in [1.29, 1.82) is 0 Å². The molecule has 0 N–H and O–H groups in total. The Morgan fingerprint density at radius 2 is 1.58 bits per heavy atom. The number of hydrogen-bond donors (Lipinski definition) is 0. The molecule has 6 heteroatoms. The van der Waals surface area contributed by atoms with Gasteiger partial charge < -0.3 is 9.31 Å². The van der Waals surface area contributed by atoms with Crippen LogP contribution in [0.1, 0.15) is 39.7 Å². The summed E-state index contributed by atoms with van der Waals surface area (Å²) in [6.45, 7) is 7.63. The van der Waals surface area contributed by atoms with E-state index in [2.05, 4.69) is 0 Å². The van der Waals surface area contributed by atoms with E-state index in [9.17, 15) is 8.78 Å². The second-order valence-corrected chi connectivity index (χ2v) is 6.14. The van der Waals surface area contributed by atoms with Gasteiger partial charge in [0.25, 0.3) is 6.43 Å². The van der Waals surface area contributed by atoms with Crippen LogP contribution in [0, 0.1) is 0 Å². The number of halogens is 3. The minimum Gasteiger partial charge on any atom is -0.399 e. The summed E-state index contributed by atoms with van der Waals surface area (Å²) in [6, 6.07) is 4.22. The van der Waals surface area contributed by atoms with E-state index < -0.39 is 24.7 Å². The summed E-state index contributed by atoms with van der Waals surface area (Å²) < 4.78 is 37.2. The fourth-order valence-corrected chi connectivity index (χ4v) is 2.13. The Morgan fingerprint density at radius 3 is 2.05 bits per heavy atom. The van der Waals surface area contributed by atoms with Crippen molar-refractivity contribution < 1.29 is 18.1 Å². The van der Waals surface area contributed by atoms with Crippen molar-refractivity contribution in [3.63, 3.8) is 0 Å². The second-order valence-electron chi connectivity index (χ2n) is 5.71. The average molecular weight is 289 g/mol. The van der Waals surface area contributed by atoms with Crippen molar-refractivity contribution >= 4 is 24.2 Å². The Kier molecular flexibility index (Phi) is 3.67. The van der Waals surface area contributed by atoms with E-state index in [1.807, 2.05) is 27.7 Å². The van der Waals surface area contributed by atoms with Crippen LogP contribution in [0.2, 0.25) is 5.02 Å². The topological polar surface area (TPSA) is 18.5 Å². The van der Waals surface area contributed by atoms with E-state index in [0.717, 1.165) is 0 Å². The standard InChI is InChI=1S/C13H16BClF2O2/c1-12(2)13(3,4)19-14(18-12)9-5-8(11(16)17)6-10(15)7-9/h5-7,11H,1-4H3. The van der Waals surface area contributed by atoms with Crippen molar-refractivity contribution in [1.82, 2.24) is 0 Å². The molecule has 1 aliphatic rings. The number of hydrogen-bond acceptors (Lipinski definition) is 2. The minimum absolute atomic E-state index is 0.128. The lowest BCUT2D eigenvalue weighted by atomic mass is 9.78. The molecule has 0 saturated carbocycles. The van der Waals surface area contributed by atoms with E-state index in [4.69, 9.17) is 20.9 Å². The van der Waals surface area contributed by atoms with Crippen LogP contribution < -0.4 is 5.46 Å². The molecule has 0 spiro atoms. The molecule has 0 radical (unpaired) electrons. The molecule has 1 aliphatic heterocycles. The molecule has 0 amide bonds. The third kappa shape index (κ3) is 2.78. The number of benzene rings is 1. The molecule has 104 valence electrons. The fraction of sp³-hybridized carbons (Fsp3) is 0.538. The van der Waals surface area contributed by atoms with E-state index in [1.54, 1.807) is 6.07 Å². The van der Waals surface area contributed by atoms with Crippen molar-refractivity contribution in [2.45, 2.75) is 45.3 Å². The van der Waals surface area contributed by atoms with Crippen molar-refractivity contribution in [3.05, 3.63) is 28.8 Å². The summed E-state index contributed by atoms with van der Waals surface area (Å²) >= 11 is 5.87. The Balaban J connectivity index is 2.34. The maximum atomic E-state index is 12.8. The van der Waals surface area contributed by atoms with Crippen LogP contribution in [0.15, 0.2) is 18.2 Å². The highest BCUT2D eigenvalue weighted by Crippen LogP contribution is 2.36. The molecule has 1 aromatic carbocycles. The Hall–Kier alpha value is -0.645. The van der Waals surface area contributed by atoms with Gasteiger partial charge in [0.15, 0.2) is 0 Å². The molecular formula is C13H16BClF2O2. The first-order valence-corrected chi connectivity index (χ1v) is 6.44. The molecule has 0 aliphatic carbocycles. The zero-order valence-electron chi connectivity index (χ0n) is 11.3. The molecule has 1 heterocycles. The maximum absolute atomic E-state index is 12.8. The maximum Gasteiger partial charge on any atom is 0.494 e. The summed E-state index contributed by atoms with van der Waals surface area (Å²) in [5.41, 5.74) is -0.630. The van der Waals surface area contributed by atoms with Gasteiger partial charge in [-0.3, -0.25) is 0 Å². The lowest BCUT2D eigenvalue weighted by Gasteiger charge is -2.32. The van der Waals surface area contributed by atoms with E-state index in [-0.39, 0.29) is 10.6 Å². The van der Waals surface area contributed by atoms with E-state index >= 15 is 0 Å². The zero-order valence-corrected chi connectivity index (χ0v) is 12.1. The van der Waals surface area contributed by atoms with Gasteiger partial charge in [0.05, 0.1) is 11.2 Å². The van der Waals surface area contributed by atoms with Crippen LogP contribution in [0.5, 0.6) is 0 Å². The first-order valence-electron chi connectivity index (χ1n) is 6.06. The number of rotatable bonds is 2. The molecule has 0 atom stereocenters. The zero-order chi connectivity index (χ0) is 14.4. The molecule has 0 unspecified atom stereocenters. The van der Waals surface area contributed by atoms with Crippen molar-refractivity contribution in [2.75, 3.05) is 0 Å². The Labute approximate surface area is 117 Å². The highest BCUT2D eigenvalue weighted by molar-refractivity contribution is 6.62. The highest BCUT2D eigenvalue weighted by atomic mass is 35.5. The van der Waals surface area contributed by atoms with Gasteiger partial charge in [0.2, 0.25) is 0 Å². The molecule has 1 aromatic rings. The first-order chi connectivity index (χ1) is 8.62. The number of alkyl halides is 2. The second kappa shape index (κ2) is 4.72. The van der Waals surface area contributed by atoms with Crippen LogP contribution >= 0.6 is 11.6 Å². The summed E-state index contributed by atoms with van der Waals surface area (Å²) in [5.74, 6) is 0. The molecular weight excluding hydrogens is 272 g/mol. The molecule has 0 aromatic heterocycles. The van der Waals surface area contributed by atoms with Gasteiger partial charge in [-0.2, -0.15) is 0 Å². The summed E-state index contributed by atoms with van der Waals surface area (Å²) in [4.78, 5) is 0. The summed E-state index contributed by atoms with van der Waals surface area (Å²) in [5, 5.41) is 0.252. The predicted octanol–water partition coefficient (Wildman–Crippen LogP) is 3.58. The largest absolute Gasteiger partial charge is 0.494 e. The summed E-state index contributed by atoms with van der Waals surface area (Å²) in [7, 11) is -0.679. The molecule has 0 bridgehead atoms. The SMILES string of the molecule is CC1(C)OB(c2cc(Cl)cc(C(F)F)c2)OC1(C)C. The molecule has 2 rings (SSSR count). The monoisotopic (exact) mass is 288 g/mol. The lowest BCUT2D eigenvalue weighted by Crippen LogP contribution is -2.41. The normalized spacial score (nSPS) is 21.2. The fourth-order valence-electron chi connectivity index (χ4n) is 1.88. The first kappa shape index (κ1) is 14.8. The van der Waals surface area contributed by atoms with E-state index in [1.165, 1.54) is 12.1 Å². The van der Waals surface area contributed by atoms with Crippen LogP contribution in [0.4, 0.5) is 8.78 Å². The molecule has 2 nitrogen and oxygen atoms in total. The van der Waals surface area contributed by atoms with E-state index in [0.29, 0.717) is 5.46 Å². The van der Waals surface area contributed by atoms with Gasteiger partial charge in [-0.1, -0.05) is 17.7 Å². The van der Waals surface area contributed by atoms with Gasteiger partial charge in [-0.25, -0.2) is 8.78 Å². The molecule has 19 heavy (non-hydrogen) atoms. The van der Waals surface area contributed by atoms with Gasteiger partial charge >= 0.3 is 7.12 Å². The van der Waals surface area contributed by atoms with Crippen LogP contribution in [0.3, 0.4) is 0 Å². The Morgan fingerprint density at radius 1 is 1.05 bits per heavy atom. The van der Waals surface area contributed by atoms with Gasteiger partial charge in [-0.15, -0.1) is 0 Å². The minimum atomic E-state index is -2.57. The highest BCUT2D eigenvalue weighted by Gasteiger charge is 2.51. The Bertz CT molecular complexity index is 476. The van der Waals surface area contributed by atoms with Gasteiger partial charge in [-0.05, 0) is 45.3 Å². The third-order valence-corrected chi connectivity index (χ3v) is 3.94. The van der Waals surface area contributed by atoms with Crippen LogP contribution in [-0.4, -0.2) is 18.3 Å². The lowest BCUT2D eigenvalue weighted by molar-refractivity contribution is 0.00578. The third-order valence-electron chi connectivity index (χ3n) is 3.72. The van der Waals surface area contributed by atoms with Crippen molar-refractivity contribution in [2.24, 2.45) is 0 Å². The quantitative estimate of drug-likeness (QED) is 0.775. The van der Waals surface area contributed by atoms with Crippen LogP contribution in [-0.2, 0) is 9.31 Å². The molecule has 1 saturated heterocycles. The van der Waals surface area contributed by atoms with Gasteiger partial charge in [0.1, 0.15) is 0 Å². The predicted molar refractivity (Wildman–Crippen MR) is 72.1 cm³/mol. The van der Waals surface area contributed by atoms with Gasteiger partial charge in [0, 0.05) is 10.6 Å². The average Bonchev–Trinajstić information content (AvgIpc) is 2.47. The van der Waals surface area contributed by atoms with Crippen molar-refractivity contribution in [3.8, 4) is 0 Å². The van der Waals surface area contributed by atoms with Crippen LogP contribution in [0.25, 0.3) is 0 Å². The smallest absolute Gasteiger partial charge is 0.399 e. The summed E-state index contributed by atoms with van der Waals surface area (Å²) in [6.07, 6.45) is -2.57.